The molecule has 1 aromatic heterocycles. The van der Waals surface area contributed by atoms with Gasteiger partial charge in [-0.25, -0.2) is 4.68 Å². The van der Waals surface area contributed by atoms with Gasteiger partial charge in [0, 0.05) is 18.0 Å². The van der Waals surface area contributed by atoms with Gasteiger partial charge in [-0.05, 0) is 53.8 Å². The summed E-state index contributed by atoms with van der Waals surface area (Å²) >= 11 is 0. The van der Waals surface area contributed by atoms with Gasteiger partial charge >= 0.3 is 5.97 Å². The molecule has 4 atom stereocenters. The minimum Gasteiger partial charge on any atom is -0.502 e. The Morgan fingerprint density at radius 3 is 2.43 bits per heavy atom. The molecule has 10 heteroatoms. The van der Waals surface area contributed by atoms with Crippen LogP contribution in [0.4, 0.5) is 0 Å². The van der Waals surface area contributed by atoms with E-state index in [1.165, 1.54) is 14.2 Å². The summed E-state index contributed by atoms with van der Waals surface area (Å²) in [4.78, 5) is 13.3. The first-order valence-corrected chi connectivity index (χ1v) is 12.5. The first kappa shape index (κ1) is 23.4. The number of benzene rings is 2. The molecule has 0 amide bonds. The van der Waals surface area contributed by atoms with E-state index < -0.39 is 11.8 Å². The lowest BCUT2D eigenvalue weighted by molar-refractivity contribution is -0.141. The van der Waals surface area contributed by atoms with Crippen LogP contribution in [0, 0.1) is 11.8 Å². The third kappa shape index (κ3) is 3.73. The predicted octanol–water partition coefficient (Wildman–Crippen LogP) is 3.60. The molecule has 194 valence electrons. The van der Waals surface area contributed by atoms with Crippen LogP contribution in [0.5, 0.6) is 28.7 Å². The first-order chi connectivity index (χ1) is 18.0. The van der Waals surface area contributed by atoms with Gasteiger partial charge in [0.1, 0.15) is 0 Å². The van der Waals surface area contributed by atoms with Crippen molar-refractivity contribution in [3.63, 3.8) is 0 Å². The SMILES string of the molecule is CCCCc1cn([C@@H]2c3cc4c(cc3[C@@H](c3cc(OC)c(O)c(OC)c3)[C@H]3C(=O)OC[C@@H]32)OCO4)nn1. The number of phenolic OH excluding ortho intramolecular Hbond substituents is 1. The van der Waals surface area contributed by atoms with Gasteiger partial charge < -0.3 is 28.8 Å². The predicted molar refractivity (Wildman–Crippen MR) is 130 cm³/mol. The Morgan fingerprint density at radius 1 is 1.05 bits per heavy atom. The summed E-state index contributed by atoms with van der Waals surface area (Å²) < 4.78 is 29.8. The largest absolute Gasteiger partial charge is 0.502 e. The van der Waals surface area contributed by atoms with E-state index in [1.54, 1.807) is 12.1 Å². The van der Waals surface area contributed by atoms with E-state index in [1.807, 2.05) is 23.0 Å². The Balaban J connectivity index is 1.55. The van der Waals surface area contributed by atoms with Crippen LogP contribution >= 0.6 is 0 Å². The number of fused-ring (bicyclic) bond motifs is 3. The van der Waals surface area contributed by atoms with E-state index in [4.69, 9.17) is 23.7 Å². The molecule has 3 aromatic rings. The molecule has 1 N–H and O–H groups in total. The van der Waals surface area contributed by atoms with Gasteiger partial charge in [0.25, 0.3) is 0 Å². The van der Waals surface area contributed by atoms with E-state index in [0.29, 0.717) is 11.5 Å². The minimum atomic E-state index is -0.500. The highest BCUT2D eigenvalue weighted by Crippen LogP contribution is 2.56. The summed E-state index contributed by atoms with van der Waals surface area (Å²) in [6, 6.07) is 7.14. The van der Waals surface area contributed by atoms with Crippen LogP contribution in [0.3, 0.4) is 0 Å². The number of aryl methyl sites for hydroxylation is 1. The second-order valence-corrected chi connectivity index (χ2v) is 9.64. The summed E-state index contributed by atoms with van der Waals surface area (Å²) in [7, 11) is 2.96. The van der Waals surface area contributed by atoms with Crippen LogP contribution in [-0.4, -0.2) is 53.7 Å². The number of carbonyl (C=O) groups is 1. The zero-order valence-electron chi connectivity index (χ0n) is 21.0. The second-order valence-electron chi connectivity index (χ2n) is 9.64. The van der Waals surface area contributed by atoms with Gasteiger partial charge in [-0.15, -0.1) is 5.10 Å². The van der Waals surface area contributed by atoms with Crippen molar-refractivity contribution in [2.45, 2.75) is 38.1 Å². The summed E-state index contributed by atoms with van der Waals surface area (Å²) in [6.45, 7) is 2.53. The zero-order valence-corrected chi connectivity index (χ0v) is 21.0. The summed E-state index contributed by atoms with van der Waals surface area (Å²) in [5.74, 6) is 0.327. The van der Waals surface area contributed by atoms with Crippen LogP contribution in [-0.2, 0) is 16.0 Å². The number of cyclic esters (lactones) is 1. The van der Waals surface area contributed by atoms with Crippen molar-refractivity contribution >= 4 is 5.97 Å². The number of carbonyl (C=O) groups excluding carboxylic acids is 1. The number of phenols is 1. The number of rotatable bonds is 7. The Morgan fingerprint density at radius 2 is 1.76 bits per heavy atom. The van der Waals surface area contributed by atoms with Crippen LogP contribution in [0.15, 0.2) is 30.5 Å². The van der Waals surface area contributed by atoms with Crippen molar-refractivity contribution in [3.8, 4) is 28.7 Å². The molecule has 1 aliphatic carbocycles. The third-order valence-electron chi connectivity index (χ3n) is 7.64. The number of aromatic nitrogens is 3. The maximum atomic E-state index is 13.3. The minimum absolute atomic E-state index is 0.0962. The zero-order chi connectivity index (χ0) is 25.7. The lowest BCUT2D eigenvalue weighted by Gasteiger charge is -2.39. The average molecular weight is 508 g/mol. The molecule has 3 aliphatic rings. The fraction of sp³-hybridized carbons (Fsp3) is 0.444. The Labute approximate surface area is 214 Å². The van der Waals surface area contributed by atoms with Crippen molar-refractivity contribution < 1.29 is 33.6 Å². The van der Waals surface area contributed by atoms with Gasteiger partial charge in [-0.1, -0.05) is 18.6 Å². The Kier molecular flexibility index (Phi) is 5.81. The molecule has 0 bridgehead atoms. The molecule has 2 aromatic carbocycles. The number of esters is 1. The molecular formula is C27H29N3O7. The first-order valence-electron chi connectivity index (χ1n) is 12.5. The molecule has 0 unspecified atom stereocenters. The van der Waals surface area contributed by atoms with E-state index in [0.717, 1.165) is 41.6 Å². The highest BCUT2D eigenvalue weighted by atomic mass is 16.7. The second kappa shape index (κ2) is 9.17. The smallest absolute Gasteiger partial charge is 0.310 e. The molecule has 1 fully saturated rings. The number of aromatic hydroxyl groups is 1. The van der Waals surface area contributed by atoms with Crippen LogP contribution < -0.4 is 18.9 Å². The lowest BCUT2D eigenvalue weighted by atomic mass is 9.65. The quantitative estimate of drug-likeness (QED) is 0.479. The molecule has 3 heterocycles. The fourth-order valence-electron chi connectivity index (χ4n) is 5.89. The fourth-order valence-corrected chi connectivity index (χ4v) is 5.89. The Bertz CT molecular complexity index is 1330. The van der Waals surface area contributed by atoms with E-state index in [-0.39, 0.29) is 48.6 Å². The highest BCUT2D eigenvalue weighted by Gasteiger charge is 2.53. The number of ether oxygens (including phenoxy) is 5. The van der Waals surface area contributed by atoms with Crippen LogP contribution in [0.25, 0.3) is 0 Å². The van der Waals surface area contributed by atoms with Crippen molar-refractivity contribution in [2.24, 2.45) is 11.8 Å². The summed E-state index contributed by atoms with van der Waals surface area (Å²) in [6.07, 6.45) is 4.91. The van der Waals surface area contributed by atoms with E-state index in [9.17, 15) is 9.90 Å². The molecule has 2 aliphatic heterocycles. The molecule has 6 rings (SSSR count). The standard InChI is InChI=1S/C27H29N3O7/c1-4-5-6-15-11-30(29-28-15)25-17-10-20-19(36-13-37-20)9-16(17)23(24-18(25)12-35-27(24)32)14-7-21(33-2)26(31)22(8-14)34-3/h7-11,18,23-25,31H,4-6,12-13H2,1-3H3/t18-,23+,24-,25+/m0/s1. The molecule has 0 spiro atoms. The topological polar surface area (TPSA) is 114 Å². The van der Waals surface area contributed by atoms with Crippen molar-refractivity contribution in [3.05, 3.63) is 52.8 Å². The van der Waals surface area contributed by atoms with Crippen LogP contribution in [0.1, 0.15) is 54.1 Å². The third-order valence-corrected chi connectivity index (χ3v) is 7.64. The number of hydrogen-bond acceptors (Lipinski definition) is 9. The van der Waals surface area contributed by atoms with Gasteiger partial charge in [0.2, 0.25) is 12.5 Å². The highest BCUT2D eigenvalue weighted by molar-refractivity contribution is 5.79. The molecule has 37 heavy (non-hydrogen) atoms. The number of nitrogens with zero attached hydrogens (tertiary/aromatic N) is 3. The Hall–Kier alpha value is -3.95. The maximum absolute atomic E-state index is 13.3. The number of hydrogen-bond donors (Lipinski definition) is 1. The molecule has 0 radical (unpaired) electrons. The van der Waals surface area contributed by atoms with Crippen molar-refractivity contribution in [1.82, 2.24) is 15.0 Å². The van der Waals surface area contributed by atoms with Gasteiger partial charge in [0.15, 0.2) is 23.0 Å². The van der Waals surface area contributed by atoms with Gasteiger partial charge in [0.05, 0.1) is 38.5 Å². The normalized spacial score (nSPS) is 23.4. The molecule has 1 saturated heterocycles. The summed E-state index contributed by atoms with van der Waals surface area (Å²) in [5, 5.41) is 19.4. The number of unbranched alkanes of at least 4 members (excludes halogenated alkanes) is 1. The van der Waals surface area contributed by atoms with Gasteiger partial charge in [-0.2, -0.15) is 0 Å². The monoisotopic (exact) mass is 507 g/mol. The van der Waals surface area contributed by atoms with Crippen LogP contribution in [0.2, 0.25) is 0 Å². The van der Waals surface area contributed by atoms with Crippen molar-refractivity contribution in [2.75, 3.05) is 27.6 Å². The molecule has 10 nitrogen and oxygen atoms in total. The maximum Gasteiger partial charge on any atom is 0.310 e. The number of methoxy groups -OCH3 is 2. The van der Waals surface area contributed by atoms with Gasteiger partial charge in [-0.3, -0.25) is 4.79 Å². The average Bonchev–Trinajstić information content (AvgIpc) is 3.65. The summed E-state index contributed by atoms with van der Waals surface area (Å²) in [5.41, 5.74) is 3.55. The van der Waals surface area contributed by atoms with Crippen molar-refractivity contribution in [1.29, 1.82) is 0 Å². The van der Waals surface area contributed by atoms with E-state index in [2.05, 4.69) is 17.2 Å². The lowest BCUT2D eigenvalue weighted by Crippen LogP contribution is -2.37. The van der Waals surface area contributed by atoms with E-state index >= 15 is 0 Å². The molecular weight excluding hydrogens is 478 g/mol. The molecule has 0 saturated carbocycles.